The van der Waals surface area contributed by atoms with Gasteiger partial charge in [-0.15, -0.1) is 0 Å². The predicted molar refractivity (Wildman–Crippen MR) is 142 cm³/mol. The number of aliphatic hydroxyl groups is 1. The van der Waals surface area contributed by atoms with Gasteiger partial charge in [-0.1, -0.05) is 30.3 Å². The van der Waals surface area contributed by atoms with Crippen LogP contribution in [0.4, 0.5) is 0 Å². The van der Waals surface area contributed by atoms with Crippen LogP contribution in [0.2, 0.25) is 0 Å². The highest BCUT2D eigenvalue weighted by molar-refractivity contribution is 5.94. The van der Waals surface area contributed by atoms with Crippen molar-refractivity contribution < 1.29 is 34.2 Å². The van der Waals surface area contributed by atoms with Gasteiger partial charge in [-0.05, 0) is 31.7 Å². The molecule has 0 aromatic heterocycles. The van der Waals surface area contributed by atoms with Gasteiger partial charge < -0.3 is 49.1 Å². The van der Waals surface area contributed by atoms with E-state index >= 15 is 0 Å². The first kappa shape index (κ1) is 32.8. The maximum absolute atomic E-state index is 13.1. The Bertz CT molecular complexity index is 1010. The smallest absolute Gasteiger partial charge is 0.326 e. The number of carboxylic acids is 1. The molecule has 0 saturated carbocycles. The van der Waals surface area contributed by atoms with Crippen molar-refractivity contribution in [2.24, 2.45) is 27.9 Å². The van der Waals surface area contributed by atoms with Crippen LogP contribution in [0, 0.1) is 0 Å². The summed E-state index contributed by atoms with van der Waals surface area (Å²) in [7, 11) is 0. The quantitative estimate of drug-likeness (QED) is 0.0531. The van der Waals surface area contributed by atoms with Crippen LogP contribution >= 0.6 is 0 Å². The summed E-state index contributed by atoms with van der Waals surface area (Å²) in [6, 6.07) is 3.39. The number of aliphatic hydroxyl groups excluding tert-OH is 1. The number of hydrogen-bond donors (Lipinski definition) is 9. The molecule has 39 heavy (non-hydrogen) atoms. The lowest BCUT2D eigenvalue weighted by Crippen LogP contribution is -2.60. The first-order valence-corrected chi connectivity index (χ1v) is 12.3. The number of rotatable bonds is 17. The van der Waals surface area contributed by atoms with Crippen LogP contribution in [0.3, 0.4) is 0 Å². The highest BCUT2D eigenvalue weighted by Crippen LogP contribution is 2.07. The zero-order valence-electron chi connectivity index (χ0n) is 21.7. The lowest BCUT2D eigenvalue weighted by Gasteiger charge is -2.26. The molecule has 216 valence electrons. The summed E-state index contributed by atoms with van der Waals surface area (Å²) >= 11 is 0. The summed E-state index contributed by atoms with van der Waals surface area (Å²) in [5.74, 6) is -4.62. The second-order valence-corrected chi connectivity index (χ2v) is 8.94. The molecule has 0 fully saturated rings. The van der Waals surface area contributed by atoms with Gasteiger partial charge in [-0.2, -0.15) is 0 Å². The highest BCUT2D eigenvalue weighted by atomic mass is 16.4. The van der Waals surface area contributed by atoms with Crippen LogP contribution in [-0.4, -0.2) is 82.6 Å². The summed E-state index contributed by atoms with van der Waals surface area (Å²) < 4.78 is 0. The van der Waals surface area contributed by atoms with Crippen LogP contribution in [0.25, 0.3) is 0 Å². The van der Waals surface area contributed by atoms with Gasteiger partial charge >= 0.3 is 5.97 Å². The summed E-state index contributed by atoms with van der Waals surface area (Å²) in [5, 5.41) is 26.9. The molecule has 0 spiro atoms. The molecule has 0 aliphatic rings. The Balaban J connectivity index is 3.04. The number of aliphatic carboxylic acids is 1. The van der Waals surface area contributed by atoms with Gasteiger partial charge in [0.15, 0.2) is 5.96 Å². The third kappa shape index (κ3) is 12.7. The molecule has 15 nitrogen and oxygen atoms in total. The molecule has 5 atom stereocenters. The van der Waals surface area contributed by atoms with E-state index in [9.17, 15) is 34.2 Å². The molecule has 0 bridgehead atoms. The van der Waals surface area contributed by atoms with Gasteiger partial charge in [0.1, 0.15) is 18.1 Å². The average molecular weight is 551 g/mol. The molecule has 4 amide bonds. The third-order valence-electron chi connectivity index (χ3n) is 5.58. The monoisotopic (exact) mass is 550 g/mol. The van der Waals surface area contributed by atoms with E-state index in [2.05, 4.69) is 20.9 Å². The van der Waals surface area contributed by atoms with Crippen LogP contribution in [0.15, 0.2) is 35.3 Å². The van der Waals surface area contributed by atoms with E-state index in [4.69, 9.17) is 22.9 Å². The minimum absolute atomic E-state index is 0.0133. The molecule has 13 N–H and O–H groups in total. The first-order valence-electron chi connectivity index (χ1n) is 12.3. The summed E-state index contributed by atoms with van der Waals surface area (Å²) in [6.45, 7) is 1.41. The Morgan fingerprint density at radius 1 is 0.897 bits per heavy atom. The number of guanidine groups is 1. The van der Waals surface area contributed by atoms with Crippen molar-refractivity contribution in [2.75, 3.05) is 6.54 Å². The number of hydrogen-bond acceptors (Lipinski definition) is 8. The van der Waals surface area contributed by atoms with Crippen LogP contribution in [0.5, 0.6) is 0 Å². The minimum Gasteiger partial charge on any atom is -0.480 e. The standard InChI is InChI=1S/C24H38N8O7/c1-13(33)19(32-20(35)15(25)9-10-18(26)34)22(37)31-17(12-14-6-3-2-4-7-14)21(36)30-16(23(38)39)8-5-11-29-24(27)28/h2-4,6-7,13,15-17,19,33H,5,8-12,25H2,1H3,(H2,26,34)(H,30,36)(H,31,37)(H,32,35)(H,38,39)(H4,27,28,29). The normalized spacial score (nSPS) is 14.5. The van der Waals surface area contributed by atoms with Crippen LogP contribution in [0.1, 0.15) is 38.2 Å². The van der Waals surface area contributed by atoms with Crippen LogP contribution in [-0.2, 0) is 30.4 Å². The Morgan fingerprint density at radius 3 is 2.05 bits per heavy atom. The molecule has 0 aliphatic heterocycles. The third-order valence-corrected chi connectivity index (χ3v) is 5.58. The second-order valence-electron chi connectivity index (χ2n) is 8.94. The zero-order chi connectivity index (χ0) is 29.5. The number of nitrogens with zero attached hydrogens (tertiary/aromatic N) is 1. The van der Waals surface area contributed by atoms with Gasteiger partial charge in [0.25, 0.3) is 0 Å². The van der Waals surface area contributed by atoms with Gasteiger partial charge in [-0.3, -0.25) is 24.2 Å². The lowest BCUT2D eigenvalue weighted by molar-refractivity contribution is -0.142. The van der Waals surface area contributed by atoms with E-state index in [1.165, 1.54) is 6.92 Å². The fraction of sp³-hybridized carbons (Fsp3) is 0.500. The Labute approximate surface area is 225 Å². The number of carbonyl (C=O) groups excluding carboxylic acids is 4. The molecule has 0 aliphatic carbocycles. The number of aliphatic imine (C=N–C) groups is 1. The Kier molecular flexibility index (Phi) is 13.9. The molecule has 1 aromatic carbocycles. The summed E-state index contributed by atoms with van der Waals surface area (Å²) in [5.41, 5.74) is 22.0. The van der Waals surface area contributed by atoms with E-state index in [1.807, 2.05) is 0 Å². The maximum atomic E-state index is 13.1. The molecule has 0 saturated heterocycles. The maximum Gasteiger partial charge on any atom is 0.326 e. The Morgan fingerprint density at radius 2 is 1.51 bits per heavy atom. The SMILES string of the molecule is CC(O)C(NC(=O)C(N)CCC(N)=O)C(=O)NC(Cc1ccccc1)C(=O)NC(CCCN=C(N)N)C(=O)O. The summed E-state index contributed by atoms with van der Waals surface area (Å²) in [4.78, 5) is 65.1. The molecular formula is C24H38N8O7. The minimum atomic E-state index is -1.50. The van der Waals surface area contributed by atoms with E-state index in [0.717, 1.165) is 0 Å². The van der Waals surface area contributed by atoms with Crippen molar-refractivity contribution in [3.05, 3.63) is 35.9 Å². The number of nitrogens with two attached hydrogens (primary N) is 4. The van der Waals surface area contributed by atoms with Gasteiger partial charge in [0.05, 0.1) is 12.1 Å². The summed E-state index contributed by atoms with van der Waals surface area (Å²) in [6.07, 6.45) is -1.36. The zero-order valence-corrected chi connectivity index (χ0v) is 21.7. The fourth-order valence-corrected chi connectivity index (χ4v) is 3.45. The van der Waals surface area contributed by atoms with E-state index in [1.54, 1.807) is 30.3 Å². The molecule has 5 unspecified atom stereocenters. The second kappa shape index (κ2) is 16.6. The van der Waals surface area contributed by atoms with Crippen molar-refractivity contribution in [1.82, 2.24) is 16.0 Å². The topological polar surface area (TPSA) is 278 Å². The first-order chi connectivity index (χ1) is 18.3. The fourth-order valence-electron chi connectivity index (χ4n) is 3.45. The molecule has 15 heteroatoms. The molecular weight excluding hydrogens is 512 g/mol. The van der Waals surface area contributed by atoms with Crippen molar-refractivity contribution in [3.63, 3.8) is 0 Å². The predicted octanol–water partition coefficient (Wildman–Crippen LogP) is -3.20. The number of amides is 4. The highest BCUT2D eigenvalue weighted by Gasteiger charge is 2.32. The van der Waals surface area contributed by atoms with Crippen molar-refractivity contribution in [1.29, 1.82) is 0 Å². The van der Waals surface area contributed by atoms with Crippen molar-refractivity contribution in [3.8, 4) is 0 Å². The lowest BCUT2D eigenvalue weighted by atomic mass is 10.0. The average Bonchev–Trinajstić information content (AvgIpc) is 2.86. The van der Waals surface area contributed by atoms with Gasteiger partial charge in [0, 0.05) is 19.4 Å². The van der Waals surface area contributed by atoms with Crippen LogP contribution < -0.4 is 38.9 Å². The van der Waals surface area contributed by atoms with Gasteiger partial charge in [-0.25, -0.2) is 4.79 Å². The van der Waals surface area contributed by atoms with Crippen molar-refractivity contribution >= 4 is 35.6 Å². The van der Waals surface area contributed by atoms with Gasteiger partial charge in [0.2, 0.25) is 23.6 Å². The van der Waals surface area contributed by atoms with E-state index in [0.29, 0.717) is 5.56 Å². The van der Waals surface area contributed by atoms with Crippen molar-refractivity contribution in [2.45, 2.75) is 69.3 Å². The number of carboxylic acid groups (broad SMARTS) is 1. The largest absolute Gasteiger partial charge is 0.480 e. The molecule has 0 heterocycles. The number of carbonyl (C=O) groups is 5. The molecule has 1 rings (SSSR count). The number of primary amides is 1. The number of nitrogens with one attached hydrogen (secondary N) is 3. The Hall–Kier alpha value is -4.24. The molecule has 1 aromatic rings. The molecule has 0 radical (unpaired) electrons. The van der Waals surface area contributed by atoms with E-state index < -0.39 is 59.9 Å². The number of benzene rings is 1. The van der Waals surface area contributed by atoms with E-state index in [-0.39, 0.29) is 44.6 Å².